The van der Waals surface area contributed by atoms with Gasteiger partial charge >= 0.3 is 0 Å². The molecule has 2 aromatic carbocycles. The number of aromatic hydroxyl groups is 1. The van der Waals surface area contributed by atoms with Gasteiger partial charge in [0.1, 0.15) is 5.75 Å². The maximum Gasteiger partial charge on any atom is 0.254 e. The van der Waals surface area contributed by atoms with Crippen molar-refractivity contribution in [3.8, 4) is 5.75 Å². The number of morpholine rings is 1. The Morgan fingerprint density at radius 2 is 1.78 bits per heavy atom. The topological polar surface area (TPSA) is 53.0 Å². The summed E-state index contributed by atoms with van der Waals surface area (Å²) in [6.07, 6.45) is 1.60. The summed E-state index contributed by atoms with van der Waals surface area (Å²) in [5, 5.41) is 10.6. The number of rotatable bonds is 3. The van der Waals surface area contributed by atoms with Crippen molar-refractivity contribution < 1.29 is 14.6 Å². The molecule has 2 bridgehead atoms. The number of hydrogen-bond donors (Lipinski definition) is 1. The van der Waals surface area contributed by atoms with Gasteiger partial charge in [-0.25, -0.2) is 0 Å². The lowest BCUT2D eigenvalue weighted by molar-refractivity contribution is -0.0266. The average Bonchev–Trinajstić information content (AvgIpc) is 2.78. The van der Waals surface area contributed by atoms with Crippen LogP contribution in [0.4, 0.5) is 0 Å². The second-order valence-corrected chi connectivity index (χ2v) is 10.4. The van der Waals surface area contributed by atoms with Crippen molar-refractivity contribution in [2.45, 2.75) is 51.6 Å². The van der Waals surface area contributed by atoms with Gasteiger partial charge in [0.25, 0.3) is 5.91 Å². The molecule has 2 unspecified atom stereocenters. The smallest absolute Gasteiger partial charge is 0.254 e. The average molecular weight is 435 g/mol. The third-order valence-corrected chi connectivity index (χ3v) is 8.60. The first kappa shape index (κ1) is 21.5. The highest BCUT2D eigenvalue weighted by Gasteiger charge is 2.57. The van der Waals surface area contributed by atoms with Gasteiger partial charge in [-0.05, 0) is 53.1 Å². The summed E-state index contributed by atoms with van der Waals surface area (Å²) >= 11 is 0. The Kier molecular flexibility index (Phi) is 5.30. The molecule has 2 aromatic rings. The molecule has 3 aliphatic rings. The van der Waals surface area contributed by atoms with E-state index < -0.39 is 0 Å². The molecule has 0 radical (unpaired) electrons. The SMILES string of the molecule is CC12CCN(C(=O)c3ccc(CN4CCOCC4)cc3)C(Cc3c(O)cccc31)C2(C)C. The van der Waals surface area contributed by atoms with Gasteiger partial charge in [-0.15, -0.1) is 0 Å². The number of amides is 1. The molecule has 2 atom stereocenters. The van der Waals surface area contributed by atoms with Crippen LogP contribution in [0.5, 0.6) is 5.75 Å². The van der Waals surface area contributed by atoms with Crippen LogP contribution in [0.2, 0.25) is 0 Å². The predicted molar refractivity (Wildman–Crippen MR) is 125 cm³/mol. The molecule has 5 nitrogen and oxygen atoms in total. The molecule has 0 saturated carbocycles. The molecule has 32 heavy (non-hydrogen) atoms. The van der Waals surface area contributed by atoms with E-state index in [9.17, 15) is 9.90 Å². The molecule has 5 heteroatoms. The van der Waals surface area contributed by atoms with Crippen LogP contribution in [0, 0.1) is 5.41 Å². The fourth-order valence-corrected chi connectivity index (χ4v) is 6.11. The minimum atomic E-state index is -0.0853. The van der Waals surface area contributed by atoms with Gasteiger partial charge in [-0.1, -0.05) is 45.0 Å². The first-order valence-electron chi connectivity index (χ1n) is 11.8. The first-order chi connectivity index (χ1) is 15.3. The van der Waals surface area contributed by atoms with E-state index in [-0.39, 0.29) is 22.8 Å². The molecule has 1 N–H and O–H groups in total. The molecule has 5 rings (SSSR count). The van der Waals surface area contributed by atoms with E-state index in [1.807, 2.05) is 18.2 Å². The zero-order valence-corrected chi connectivity index (χ0v) is 19.4. The minimum absolute atomic E-state index is 0.0579. The second-order valence-electron chi connectivity index (χ2n) is 10.4. The molecule has 2 aliphatic heterocycles. The first-order valence-corrected chi connectivity index (χ1v) is 11.8. The number of nitrogens with zero attached hydrogens (tertiary/aromatic N) is 2. The predicted octanol–water partition coefficient (Wildman–Crippen LogP) is 3.98. The summed E-state index contributed by atoms with van der Waals surface area (Å²) in [6, 6.07) is 14.1. The van der Waals surface area contributed by atoms with Gasteiger partial charge < -0.3 is 14.7 Å². The summed E-state index contributed by atoms with van der Waals surface area (Å²) in [7, 11) is 0. The van der Waals surface area contributed by atoms with Crippen molar-refractivity contribution in [1.82, 2.24) is 9.80 Å². The molecular weight excluding hydrogens is 400 g/mol. The van der Waals surface area contributed by atoms with Crippen molar-refractivity contribution in [1.29, 1.82) is 0 Å². The number of carbonyl (C=O) groups is 1. The lowest BCUT2D eigenvalue weighted by Crippen LogP contribution is -2.64. The molecule has 1 amide bonds. The molecular formula is C27H34N2O3. The van der Waals surface area contributed by atoms with Crippen LogP contribution in [-0.2, 0) is 23.1 Å². The lowest BCUT2D eigenvalue weighted by atomic mass is 9.51. The summed E-state index contributed by atoms with van der Waals surface area (Å²) in [5.41, 5.74) is 4.08. The number of piperidine rings is 1. The summed E-state index contributed by atoms with van der Waals surface area (Å²) in [6.45, 7) is 12.0. The van der Waals surface area contributed by atoms with E-state index in [0.717, 1.165) is 56.9 Å². The number of phenols is 1. The van der Waals surface area contributed by atoms with Gasteiger partial charge in [0.15, 0.2) is 0 Å². The summed E-state index contributed by atoms with van der Waals surface area (Å²) < 4.78 is 5.43. The highest BCUT2D eigenvalue weighted by atomic mass is 16.5. The number of benzene rings is 2. The summed E-state index contributed by atoms with van der Waals surface area (Å²) in [4.78, 5) is 18.1. The number of carbonyl (C=O) groups excluding carboxylic acids is 1. The zero-order valence-electron chi connectivity index (χ0n) is 19.4. The molecule has 0 aromatic heterocycles. The second kappa shape index (κ2) is 7.89. The van der Waals surface area contributed by atoms with E-state index in [2.05, 4.69) is 48.8 Å². The molecule has 170 valence electrons. The van der Waals surface area contributed by atoms with Crippen LogP contribution in [-0.4, -0.2) is 59.7 Å². The van der Waals surface area contributed by atoms with Crippen molar-refractivity contribution >= 4 is 5.91 Å². The van der Waals surface area contributed by atoms with Crippen LogP contribution in [0.25, 0.3) is 0 Å². The minimum Gasteiger partial charge on any atom is -0.508 e. The Hall–Kier alpha value is -2.37. The van der Waals surface area contributed by atoms with Gasteiger partial charge in [0.05, 0.1) is 13.2 Å². The van der Waals surface area contributed by atoms with E-state index >= 15 is 0 Å². The molecule has 2 saturated heterocycles. The molecule has 1 aliphatic carbocycles. The normalized spacial score (nSPS) is 27.1. The quantitative estimate of drug-likeness (QED) is 0.794. The van der Waals surface area contributed by atoms with Crippen molar-refractivity contribution in [3.63, 3.8) is 0 Å². The zero-order chi connectivity index (χ0) is 22.5. The molecule has 0 spiro atoms. The van der Waals surface area contributed by atoms with Crippen molar-refractivity contribution in [2.75, 3.05) is 32.8 Å². The van der Waals surface area contributed by atoms with Crippen molar-refractivity contribution in [2.24, 2.45) is 5.41 Å². The van der Waals surface area contributed by atoms with Crippen molar-refractivity contribution in [3.05, 3.63) is 64.7 Å². The molecule has 2 fully saturated rings. The lowest BCUT2D eigenvalue weighted by Gasteiger charge is -2.60. The van der Waals surface area contributed by atoms with Crippen LogP contribution < -0.4 is 0 Å². The number of fused-ring (bicyclic) bond motifs is 4. The monoisotopic (exact) mass is 434 g/mol. The van der Waals surface area contributed by atoms with Gasteiger partial charge in [-0.2, -0.15) is 0 Å². The highest BCUT2D eigenvalue weighted by molar-refractivity contribution is 5.94. The fourth-order valence-electron chi connectivity index (χ4n) is 6.11. The van der Waals surface area contributed by atoms with Gasteiger partial charge in [0.2, 0.25) is 0 Å². The third kappa shape index (κ3) is 3.34. The maximum absolute atomic E-state index is 13.6. The Morgan fingerprint density at radius 1 is 1.06 bits per heavy atom. The largest absolute Gasteiger partial charge is 0.508 e. The van der Waals surface area contributed by atoms with E-state index in [1.54, 1.807) is 6.07 Å². The number of phenolic OH excluding ortho intramolecular Hbond substituents is 1. The number of ether oxygens (including phenoxy) is 1. The van der Waals surface area contributed by atoms with Crippen LogP contribution in [0.3, 0.4) is 0 Å². The Morgan fingerprint density at radius 3 is 2.50 bits per heavy atom. The highest BCUT2D eigenvalue weighted by Crippen LogP contribution is 2.57. The third-order valence-electron chi connectivity index (χ3n) is 8.60. The molecule has 2 heterocycles. The van der Waals surface area contributed by atoms with Gasteiger partial charge in [-0.3, -0.25) is 9.69 Å². The Balaban J connectivity index is 1.39. The van der Waals surface area contributed by atoms with Crippen LogP contribution in [0.1, 0.15) is 54.2 Å². The van der Waals surface area contributed by atoms with Crippen LogP contribution >= 0.6 is 0 Å². The van der Waals surface area contributed by atoms with Crippen LogP contribution in [0.15, 0.2) is 42.5 Å². The van der Waals surface area contributed by atoms with E-state index in [1.165, 1.54) is 11.1 Å². The maximum atomic E-state index is 13.6. The Bertz CT molecular complexity index is 1010. The fraction of sp³-hybridized carbons (Fsp3) is 0.519. The van der Waals surface area contributed by atoms with Gasteiger partial charge in [0, 0.05) is 43.2 Å². The number of likely N-dealkylation sites (tertiary alicyclic amines) is 1. The van der Waals surface area contributed by atoms with E-state index in [0.29, 0.717) is 12.2 Å². The standard InChI is InChI=1S/C27H34N2O3/c1-26(2)24-17-21-22(5-4-6-23(21)30)27(26,3)11-12-29(24)25(31)20-9-7-19(8-10-20)18-28-13-15-32-16-14-28/h4-10,24,30H,11-18H2,1-3H3. The summed E-state index contributed by atoms with van der Waals surface area (Å²) in [5.74, 6) is 0.456. The van der Waals surface area contributed by atoms with E-state index in [4.69, 9.17) is 4.74 Å². The Labute approximate surface area is 191 Å². The number of hydrogen-bond acceptors (Lipinski definition) is 4.